The van der Waals surface area contributed by atoms with Gasteiger partial charge < -0.3 is 10.5 Å². The molecular weight excluding hydrogens is 369 g/mol. The van der Waals surface area contributed by atoms with Gasteiger partial charge in [-0.05, 0) is 26.0 Å². The number of thioether (sulfide) groups is 1. The first-order chi connectivity index (χ1) is 12.2. The quantitative estimate of drug-likeness (QED) is 0.540. The lowest BCUT2D eigenvalue weighted by Gasteiger charge is -2.22. The van der Waals surface area contributed by atoms with Gasteiger partial charge in [0, 0.05) is 24.2 Å². The topological polar surface area (TPSA) is 80.8 Å². The average molecular weight is 390 g/mol. The van der Waals surface area contributed by atoms with Crippen LogP contribution >= 0.6 is 11.8 Å². The molecule has 1 aromatic rings. The summed E-state index contributed by atoms with van der Waals surface area (Å²) in [6.45, 7) is 3.46. The van der Waals surface area contributed by atoms with Crippen LogP contribution in [0.3, 0.4) is 0 Å². The highest BCUT2D eigenvalue weighted by atomic mass is 32.2. The number of amides is 1. The third-order valence-electron chi connectivity index (χ3n) is 2.93. The van der Waals surface area contributed by atoms with Crippen molar-refractivity contribution in [3.05, 3.63) is 35.9 Å². The second-order valence-corrected chi connectivity index (χ2v) is 6.17. The van der Waals surface area contributed by atoms with Gasteiger partial charge in [-0.15, -0.1) is 11.8 Å². The lowest BCUT2D eigenvalue weighted by Crippen LogP contribution is -2.33. The third kappa shape index (κ3) is 8.24. The molecule has 1 heterocycles. The molecule has 0 saturated heterocycles. The van der Waals surface area contributed by atoms with E-state index in [4.69, 9.17) is 10.5 Å². The molecule has 0 saturated carbocycles. The third-order valence-corrected chi connectivity index (χ3v) is 3.92. The molecule has 2 N–H and O–H groups in total. The number of halogens is 3. The molecule has 6 nitrogen and oxygen atoms in total. The van der Waals surface area contributed by atoms with E-state index in [1.807, 2.05) is 0 Å². The van der Waals surface area contributed by atoms with Crippen LogP contribution in [0.2, 0.25) is 0 Å². The molecule has 0 fully saturated rings. The van der Waals surface area contributed by atoms with Crippen LogP contribution in [0.5, 0.6) is 0 Å². The zero-order chi connectivity index (χ0) is 19.6. The van der Waals surface area contributed by atoms with Crippen LogP contribution in [0.15, 0.2) is 40.9 Å². The van der Waals surface area contributed by atoms with Gasteiger partial charge in [-0.25, -0.2) is 4.79 Å². The van der Waals surface area contributed by atoms with E-state index in [0.29, 0.717) is 28.8 Å². The van der Waals surface area contributed by atoms with Crippen LogP contribution < -0.4 is 5.73 Å². The van der Waals surface area contributed by atoms with Crippen molar-refractivity contribution in [1.82, 2.24) is 9.88 Å². The van der Waals surface area contributed by atoms with E-state index in [9.17, 15) is 18.0 Å². The van der Waals surface area contributed by atoms with Gasteiger partial charge in [-0.2, -0.15) is 13.2 Å². The number of alkyl halides is 3. The average Bonchev–Trinajstić information content (AvgIpc) is 2.57. The van der Waals surface area contributed by atoms with Gasteiger partial charge >= 0.3 is 12.3 Å². The zero-order valence-electron chi connectivity index (χ0n) is 14.5. The maximum atomic E-state index is 12.2. The van der Waals surface area contributed by atoms with Crippen LogP contribution in [0, 0.1) is 0 Å². The molecule has 0 aliphatic carbocycles. The van der Waals surface area contributed by atoms with Crippen LogP contribution in [0.25, 0.3) is 0 Å². The first kappa shape index (κ1) is 21.8. The summed E-state index contributed by atoms with van der Waals surface area (Å²) in [5.74, 6) is -0.930. The molecule has 0 aliphatic heterocycles. The fourth-order valence-corrected chi connectivity index (χ4v) is 2.38. The highest BCUT2D eigenvalue weighted by Gasteiger charge is 2.26. The highest BCUT2D eigenvalue weighted by molar-refractivity contribution is 7.99. The minimum Gasteiger partial charge on any atom is -0.448 e. The van der Waals surface area contributed by atoms with E-state index in [0.717, 1.165) is 0 Å². The van der Waals surface area contributed by atoms with Crippen molar-refractivity contribution in [2.24, 2.45) is 10.7 Å². The Kier molecular flexibility index (Phi) is 8.97. The molecule has 0 bridgehead atoms. The summed E-state index contributed by atoms with van der Waals surface area (Å²) in [5.41, 5.74) is 7.12. The Hall–Kier alpha value is -2.23. The van der Waals surface area contributed by atoms with Gasteiger partial charge in [0.15, 0.2) is 0 Å². The molecular formula is C16H21F3N4O2S. The van der Waals surface area contributed by atoms with E-state index >= 15 is 0 Å². The number of carbonyl (C=O) groups is 1. The second-order valence-electron chi connectivity index (χ2n) is 5.06. The fourth-order valence-electron chi connectivity index (χ4n) is 1.80. The molecule has 1 amide bonds. The smallest absolute Gasteiger partial charge is 0.414 e. The predicted molar refractivity (Wildman–Crippen MR) is 96.4 cm³/mol. The number of ether oxygens (including phenoxy) is 1. The standard InChI is InChI=1S/C16H21F3N4O2S/c1-3-23(15(24)25-7-8-26-11-16(17,18)19)14(12(2)20)10-22-13-5-4-6-21-9-13/h4-6,9-10H,3,7-8,11,20H2,1-2H3/b14-12+,22-10?. The van der Waals surface area contributed by atoms with E-state index in [1.165, 1.54) is 11.1 Å². The molecule has 26 heavy (non-hydrogen) atoms. The lowest BCUT2D eigenvalue weighted by atomic mass is 10.3. The maximum absolute atomic E-state index is 12.2. The van der Waals surface area contributed by atoms with Crippen molar-refractivity contribution in [3.63, 3.8) is 0 Å². The van der Waals surface area contributed by atoms with Crippen LogP contribution in [0.1, 0.15) is 13.8 Å². The van der Waals surface area contributed by atoms with Gasteiger partial charge in [0.1, 0.15) is 6.61 Å². The number of aromatic nitrogens is 1. The Balaban J connectivity index is 2.66. The summed E-state index contributed by atoms with van der Waals surface area (Å²) >= 11 is 0.653. The van der Waals surface area contributed by atoms with Gasteiger partial charge in [0.2, 0.25) is 0 Å². The lowest BCUT2D eigenvalue weighted by molar-refractivity contribution is -0.105. The predicted octanol–water partition coefficient (Wildman–Crippen LogP) is 3.73. The van der Waals surface area contributed by atoms with E-state index in [2.05, 4.69) is 9.98 Å². The summed E-state index contributed by atoms with van der Waals surface area (Å²) < 4.78 is 41.2. The van der Waals surface area contributed by atoms with Crippen molar-refractivity contribution in [2.45, 2.75) is 20.0 Å². The molecule has 10 heteroatoms. The Bertz CT molecular complexity index is 632. The van der Waals surface area contributed by atoms with Crippen LogP contribution in [0.4, 0.5) is 23.7 Å². The zero-order valence-corrected chi connectivity index (χ0v) is 15.3. The molecule has 0 unspecified atom stereocenters. The Labute approximate surface area is 154 Å². The highest BCUT2D eigenvalue weighted by Crippen LogP contribution is 2.21. The van der Waals surface area contributed by atoms with Gasteiger partial charge in [0.25, 0.3) is 0 Å². The van der Waals surface area contributed by atoms with E-state index < -0.39 is 18.0 Å². The largest absolute Gasteiger partial charge is 0.448 e. The maximum Gasteiger partial charge on any atom is 0.414 e. The van der Waals surface area contributed by atoms with Crippen molar-refractivity contribution in [2.75, 3.05) is 24.7 Å². The van der Waals surface area contributed by atoms with Crippen molar-refractivity contribution in [1.29, 1.82) is 0 Å². The number of rotatable bonds is 8. The van der Waals surface area contributed by atoms with Crippen LogP contribution in [-0.2, 0) is 4.74 Å². The summed E-state index contributed by atoms with van der Waals surface area (Å²) in [6, 6.07) is 3.45. The number of aliphatic imine (C=N–C) groups is 1. The van der Waals surface area contributed by atoms with Crippen LogP contribution in [-0.4, -0.2) is 53.0 Å². The normalized spacial score (nSPS) is 12.8. The number of nitrogens with zero attached hydrogens (tertiary/aromatic N) is 3. The summed E-state index contributed by atoms with van der Waals surface area (Å²) in [5, 5.41) is 0. The van der Waals surface area contributed by atoms with Gasteiger partial charge in [-0.3, -0.25) is 14.9 Å². The van der Waals surface area contributed by atoms with Crippen molar-refractivity contribution < 1.29 is 22.7 Å². The molecule has 0 radical (unpaired) electrons. The molecule has 144 valence electrons. The monoisotopic (exact) mass is 390 g/mol. The number of nitrogens with two attached hydrogens (primary N) is 1. The first-order valence-corrected chi connectivity index (χ1v) is 8.89. The fraction of sp³-hybridized carbons (Fsp3) is 0.438. The SMILES string of the molecule is CCN(C(=O)OCCSCC(F)(F)F)/C(C=Nc1cccnc1)=C(\C)N. The van der Waals surface area contributed by atoms with E-state index in [-0.39, 0.29) is 18.9 Å². The molecule has 0 aliphatic rings. The van der Waals surface area contributed by atoms with Gasteiger partial charge in [-0.1, -0.05) is 0 Å². The Morgan fingerprint density at radius 1 is 1.50 bits per heavy atom. The second kappa shape index (κ2) is 10.7. The number of hydrogen-bond donors (Lipinski definition) is 1. The molecule has 1 aromatic heterocycles. The number of hydrogen-bond acceptors (Lipinski definition) is 6. The summed E-state index contributed by atoms with van der Waals surface area (Å²) in [7, 11) is 0. The number of pyridine rings is 1. The van der Waals surface area contributed by atoms with Gasteiger partial charge in [0.05, 0.1) is 29.5 Å². The van der Waals surface area contributed by atoms with Crippen molar-refractivity contribution >= 4 is 29.8 Å². The number of allylic oxidation sites excluding steroid dienone is 2. The first-order valence-electron chi connectivity index (χ1n) is 7.73. The molecule has 1 rings (SSSR count). The molecule has 0 spiro atoms. The molecule has 0 aromatic carbocycles. The Morgan fingerprint density at radius 3 is 2.77 bits per heavy atom. The summed E-state index contributed by atoms with van der Waals surface area (Å²) in [4.78, 5) is 21.6. The summed E-state index contributed by atoms with van der Waals surface area (Å²) in [6.07, 6.45) is -0.352. The minimum atomic E-state index is -4.24. The Morgan fingerprint density at radius 2 is 2.23 bits per heavy atom. The minimum absolute atomic E-state index is 0.0488. The molecule has 0 atom stereocenters. The van der Waals surface area contributed by atoms with E-state index in [1.54, 1.807) is 38.4 Å². The van der Waals surface area contributed by atoms with Crippen molar-refractivity contribution in [3.8, 4) is 0 Å². The number of carbonyl (C=O) groups excluding carboxylic acids is 1.